The second-order valence-corrected chi connectivity index (χ2v) is 6.67. The summed E-state index contributed by atoms with van der Waals surface area (Å²) in [6, 6.07) is 19.7. The van der Waals surface area contributed by atoms with Gasteiger partial charge in [0.15, 0.2) is 0 Å². The Balaban J connectivity index is 2.35. The highest BCUT2D eigenvalue weighted by molar-refractivity contribution is 9.09. The van der Waals surface area contributed by atoms with Gasteiger partial charge in [-0.2, -0.15) is 0 Å². The summed E-state index contributed by atoms with van der Waals surface area (Å²) >= 11 is 3.53. The van der Waals surface area contributed by atoms with Crippen molar-refractivity contribution in [1.82, 2.24) is 0 Å². The van der Waals surface area contributed by atoms with Crippen molar-refractivity contribution in [3.05, 3.63) is 76.9 Å². The minimum absolute atomic E-state index is 0.0296. The number of hydrogen-bond donors (Lipinski definition) is 0. The van der Waals surface area contributed by atoms with Crippen LogP contribution in [0.2, 0.25) is 0 Å². The molecule has 0 radical (unpaired) electrons. The van der Waals surface area contributed by atoms with E-state index in [9.17, 15) is 0 Å². The van der Waals surface area contributed by atoms with Gasteiger partial charge in [-0.25, -0.2) is 0 Å². The highest BCUT2D eigenvalue weighted by Crippen LogP contribution is 2.32. The van der Waals surface area contributed by atoms with Crippen LogP contribution in [0, 0.1) is 0 Å². The van der Waals surface area contributed by atoms with Gasteiger partial charge in [-0.1, -0.05) is 89.9 Å². The molecule has 0 heterocycles. The van der Waals surface area contributed by atoms with Gasteiger partial charge in [0.05, 0.1) is 0 Å². The zero-order chi connectivity index (χ0) is 15.5. The van der Waals surface area contributed by atoms with E-state index in [0.717, 1.165) is 5.33 Å². The van der Waals surface area contributed by atoms with Crippen LogP contribution >= 0.6 is 15.9 Å². The molecule has 0 saturated heterocycles. The summed E-state index contributed by atoms with van der Waals surface area (Å²) in [5.74, 6) is 0. The Morgan fingerprint density at radius 1 is 0.857 bits per heavy atom. The molecule has 0 aliphatic heterocycles. The largest absolute Gasteiger partial charge is 0.0880 e. The molecule has 0 fully saturated rings. The van der Waals surface area contributed by atoms with E-state index in [4.69, 9.17) is 0 Å². The lowest BCUT2D eigenvalue weighted by atomic mass is 9.78. The number of benzene rings is 2. The maximum atomic E-state index is 3.53. The van der Waals surface area contributed by atoms with Crippen LogP contribution in [0.25, 0.3) is 5.57 Å². The van der Waals surface area contributed by atoms with Crippen molar-refractivity contribution in [1.29, 1.82) is 0 Å². The SMILES string of the molecule is C/C(CBr)=C(/C)c1ccc(C(C)(C)c2ccccc2)cc1. The monoisotopic (exact) mass is 342 g/mol. The normalized spacial score (nSPS) is 13.0. The third kappa shape index (κ3) is 3.47. The van der Waals surface area contributed by atoms with Gasteiger partial charge in [0.1, 0.15) is 0 Å². The minimum Gasteiger partial charge on any atom is -0.0880 e. The van der Waals surface area contributed by atoms with Gasteiger partial charge in [0.25, 0.3) is 0 Å². The van der Waals surface area contributed by atoms with Crippen LogP contribution < -0.4 is 0 Å². The highest BCUT2D eigenvalue weighted by Gasteiger charge is 2.22. The van der Waals surface area contributed by atoms with Gasteiger partial charge in [-0.3, -0.25) is 0 Å². The molecule has 0 aliphatic carbocycles. The molecule has 1 heteroatoms. The van der Waals surface area contributed by atoms with Crippen molar-refractivity contribution in [3.63, 3.8) is 0 Å². The average Bonchev–Trinajstić information content (AvgIpc) is 2.54. The van der Waals surface area contributed by atoms with Crippen LogP contribution in [-0.4, -0.2) is 5.33 Å². The Labute approximate surface area is 137 Å². The van der Waals surface area contributed by atoms with E-state index in [-0.39, 0.29) is 5.41 Å². The van der Waals surface area contributed by atoms with Gasteiger partial charge in [0, 0.05) is 10.7 Å². The molecule has 21 heavy (non-hydrogen) atoms. The maximum absolute atomic E-state index is 3.53. The summed E-state index contributed by atoms with van der Waals surface area (Å²) in [7, 11) is 0. The maximum Gasteiger partial charge on any atom is 0.0245 e. The molecule has 2 aromatic carbocycles. The summed E-state index contributed by atoms with van der Waals surface area (Å²) in [4.78, 5) is 0. The van der Waals surface area contributed by atoms with E-state index in [1.54, 1.807) is 0 Å². The molecule has 0 atom stereocenters. The first kappa shape index (κ1) is 16.0. The van der Waals surface area contributed by atoms with E-state index < -0.39 is 0 Å². The third-order valence-electron chi connectivity index (χ3n) is 4.38. The second kappa shape index (κ2) is 6.62. The molecule has 0 nitrogen and oxygen atoms in total. The summed E-state index contributed by atoms with van der Waals surface area (Å²) in [6.07, 6.45) is 0. The number of allylic oxidation sites excluding steroid dienone is 2. The Kier molecular flexibility index (Phi) is 5.05. The van der Waals surface area contributed by atoms with Crippen LogP contribution in [0.5, 0.6) is 0 Å². The van der Waals surface area contributed by atoms with Crippen molar-refractivity contribution in [3.8, 4) is 0 Å². The summed E-state index contributed by atoms with van der Waals surface area (Å²) < 4.78 is 0. The molecule has 2 aromatic rings. The van der Waals surface area contributed by atoms with Gasteiger partial charge < -0.3 is 0 Å². The van der Waals surface area contributed by atoms with Crippen LogP contribution in [0.4, 0.5) is 0 Å². The van der Waals surface area contributed by atoms with E-state index in [0.29, 0.717) is 0 Å². The lowest BCUT2D eigenvalue weighted by molar-refractivity contribution is 0.641. The smallest absolute Gasteiger partial charge is 0.0245 e. The zero-order valence-corrected chi connectivity index (χ0v) is 14.9. The van der Waals surface area contributed by atoms with Crippen molar-refractivity contribution in [2.75, 3.05) is 5.33 Å². The standard InChI is InChI=1S/C20H23Br/c1-15(14-21)16(2)17-10-12-19(13-11-17)20(3,4)18-8-6-5-7-9-18/h5-13H,14H2,1-4H3/b16-15+. The molecule has 110 valence electrons. The number of hydrogen-bond acceptors (Lipinski definition) is 0. The summed E-state index contributed by atoms with van der Waals surface area (Å²) in [5.41, 5.74) is 6.77. The first-order valence-electron chi connectivity index (χ1n) is 7.35. The van der Waals surface area contributed by atoms with Gasteiger partial charge in [-0.05, 0) is 36.1 Å². The Morgan fingerprint density at radius 2 is 1.38 bits per heavy atom. The lowest BCUT2D eigenvalue weighted by Crippen LogP contribution is -2.18. The van der Waals surface area contributed by atoms with Crippen LogP contribution in [0.1, 0.15) is 44.4 Å². The third-order valence-corrected chi connectivity index (χ3v) is 5.22. The topological polar surface area (TPSA) is 0 Å². The quantitative estimate of drug-likeness (QED) is 0.580. The van der Waals surface area contributed by atoms with Crippen LogP contribution in [0.15, 0.2) is 60.2 Å². The van der Waals surface area contributed by atoms with Crippen molar-refractivity contribution in [2.24, 2.45) is 0 Å². The summed E-state index contributed by atoms with van der Waals surface area (Å²) in [6.45, 7) is 8.92. The first-order valence-corrected chi connectivity index (χ1v) is 8.47. The minimum atomic E-state index is 0.0296. The first-order chi connectivity index (χ1) is 9.96. The van der Waals surface area contributed by atoms with Gasteiger partial charge in [0.2, 0.25) is 0 Å². The van der Waals surface area contributed by atoms with Crippen molar-refractivity contribution in [2.45, 2.75) is 33.1 Å². The summed E-state index contributed by atoms with van der Waals surface area (Å²) in [5, 5.41) is 0.927. The number of halogens is 1. The van der Waals surface area contributed by atoms with Crippen LogP contribution in [-0.2, 0) is 5.41 Å². The van der Waals surface area contributed by atoms with E-state index >= 15 is 0 Å². The Bertz CT molecular complexity index is 619. The molecule has 0 spiro atoms. The molecule has 0 aliphatic rings. The molecule has 0 bridgehead atoms. The molecular weight excluding hydrogens is 320 g/mol. The van der Waals surface area contributed by atoms with E-state index in [2.05, 4.69) is 98.2 Å². The number of rotatable bonds is 4. The molecule has 0 unspecified atom stereocenters. The fourth-order valence-corrected chi connectivity index (χ4v) is 2.93. The molecule has 2 rings (SSSR count). The molecule has 0 amide bonds. The fourth-order valence-electron chi connectivity index (χ4n) is 2.51. The zero-order valence-electron chi connectivity index (χ0n) is 13.3. The number of alkyl halides is 1. The predicted molar refractivity (Wildman–Crippen MR) is 97.1 cm³/mol. The molecular formula is C20H23Br. The highest BCUT2D eigenvalue weighted by atomic mass is 79.9. The van der Waals surface area contributed by atoms with E-state index in [1.807, 2.05) is 0 Å². The predicted octanol–water partition coefficient (Wildman–Crippen LogP) is 6.20. The molecule has 0 N–H and O–H groups in total. The van der Waals surface area contributed by atoms with Crippen molar-refractivity contribution >= 4 is 21.5 Å². The second-order valence-electron chi connectivity index (χ2n) is 6.11. The Hall–Kier alpha value is -1.34. The van der Waals surface area contributed by atoms with Gasteiger partial charge >= 0.3 is 0 Å². The molecule has 0 saturated carbocycles. The Morgan fingerprint density at radius 3 is 1.90 bits per heavy atom. The average molecular weight is 343 g/mol. The molecule has 0 aromatic heterocycles. The van der Waals surface area contributed by atoms with Crippen molar-refractivity contribution < 1.29 is 0 Å². The fraction of sp³-hybridized carbons (Fsp3) is 0.300. The van der Waals surface area contributed by atoms with Crippen LogP contribution in [0.3, 0.4) is 0 Å². The lowest BCUT2D eigenvalue weighted by Gasteiger charge is -2.26. The van der Waals surface area contributed by atoms with E-state index in [1.165, 1.54) is 27.8 Å². The van der Waals surface area contributed by atoms with Gasteiger partial charge in [-0.15, -0.1) is 0 Å².